The van der Waals surface area contributed by atoms with Gasteiger partial charge in [-0.3, -0.25) is 14.6 Å². The maximum absolute atomic E-state index is 12.1. The third-order valence-electron chi connectivity index (χ3n) is 3.67. The molecule has 0 atom stereocenters. The zero-order valence-corrected chi connectivity index (χ0v) is 15.0. The molecule has 0 unspecified atom stereocenters. The van der Waals surface area contributed by atoms with Crippen molar-refractivity contribution < 1.29 is 19.1 Å². The first-order valence-electron chi connectivity index (χ1n) is 8.12. The Bertz CT molecular complexity index is 663. The summed E-state index contributed by atoms with van der Waals surface area (Å²) in [5.41, 5.74) is 1.21. The highest BCUT2D eigenvalue weighted by atomic mass is 16.6. The molecule has 0 aromatic carbocycles. The Labute approximate surface area is 146 Å². The molecule has 1 aromatic heterocycles. The molecule has 3 amide bonds. The van der Waals surface area contributed by atoms with Crippen molar-refractivity contribution in [3.05, 3.63) is 18.0 Å². The number of carbonyl (C=O) groups is 3. The van der Waals surface area contributed by atoms with E-state index < -0.39 is 5.60 Å². The second kappa shape index (κ2) is 7.50. The SMILES string of the molecule is Cc1ncc(NC(=O)CC2CN(C(=O)OC(C)(C)C)C2)cc1NC=O. The van der Waals surface area contributed by atoms with Gasteiger partial charge < -0.3 is 20.3 Å². The monoisotopic (exact) mass is 348 g/mol. The van der Waals surface area contributed by atoms with Crippen LogP contribution in [0.25, 0.3) is 0 Å². The molecule has 0 saturated carbocycles. The summed E-state index contributed by atoms with van der Waals surface area (Å²) in [6.07, 6.45) is 2.06. The van der Waals surface area contributed by atoms with Gasteiger partial charge in [0.25, 0.3) is 0 Å². The summed E-state index contributed by atoms with van der Waals surface area (Å²) in [5, 5.41) is 5.29. The number of rotatable bonds is 5. The quantitative estimate of drug-likeness (QED) is 0.794. The number of anilines is 2. The Hall–Kier alpha value is -2.64. The minimum atomic E-state index is -0.523. The molecular weight excluding hydrogens is 324 g/mol. The van der Waals surface area contributed by atoms with Crippen molar-refractivity contribution in [2.45, 2.75) is 39.7 Å². The summed E-state index contributed by atoms with van der Waals surface area (Å²) in [6.45, 7) is 8.23. The normalized spacial score (nSPS) is 14.5. The predicted molar refractivity (Wildman–Crippen MR) is 93.2 cm³/mol. The summed E-state index contributed by atoms with van der Waals surface area (Å²) in [5.74, 6) is -0.0463. The molecule has 0 spiro atoms. The first kappa shape index (κ1) is 18.7. The van der Waals surface area contributed by atoms with Gasteiger partial charge in [-0.25, -0.2) is 4.79 Å². The number of carbonyl (C=O) groups excluding carboxylic acids is 3. The van der Waals surface area contributed by atoms with Gasteiger partial charge >= 0.3 is 6.09 Å². The van der Waals surface area contributed by atoms with Crippen LogP contribution < -0.4 is 10.6 Å². The minimum absolute atomic E-state index is 0.110. The second-order valence-corrected chi connectivity index (χ2v) is 7.12. The molecule has 1 aliphatic heterocycles. The molecule has 2 heterocycles. The van der Waals surface area contributed by atoms with E-state index >= 15 is 0 Å². The van der Waals surface area contributed by atoms with E-state index in [-0.39, 0.29) is 17.9 Å². The summed E-state index contributed by atoms with van der Waals surface area (Å²) in [4.78, 5) is 40.2. The fraction of sp³-hybridized carbons (Fsp3) is 0.529. The van der Waals surface area contributed by atoms with E-state index in [1.165, 1.54) is 6.20 Å². The van der Waals surface area contributed by atoms with Crippen LogP contribution in [0, 0.1) is 12.8 Å². The van der Waals surface area contributed by atoms with Gasteiger partial charge in [0.15, 0.2) is 0 Å². The molecule has 2 N–H and O–H groups in total. The predicted octanol–water partition coefficient (Wildman–Crippen LogP) is 2.15. The van der Waals surface area contributed by atoms with Crippen molar-refractivity contribution >= 4 is 29.8 Å². The van der Waals surface area contributed by atoms with Crippen LogP contribution in [-0.2, 0) is 14.3 Å². The van der Waals surface area contributed by atoms with Gasteiger partial charge in [-0.05, 0) is 33.8 Å². The van der Waals surface area contributed by atoms with E-state index in [9.17, 15) is 14.4 Å². The van der Waals surface area contributed by atoms with Crippen molar-refractivity contribution in [3.63, 3.8) is 0 Å². The molecule has 0 bridgehead atoms. The number of nitrogens with one attached hydrogen (secondary N) is 2. The highest BCUT2D eigenvalue weighted by molar-refractivity contribution is 5.91. The van der Waals surface area contributed by atoms with Crippen LogP contribution in [0.5, 0.6) is 0 Å². The average molecular weight is 348 g/mol. The molecule has 25 heavy (non-hydrogen) atoms. The van der Waals surface area contributed by atoms with E-state index in [0.29, 0.717) is 43.0 Å². The fourth-order valence-corrected chi connectivity index (χ4v) is 2.46. The molecule has 0 radical (unpaired) electrons. The zero-order valence-electron chi connectivity index (χ0n) is 15.0. The number of aromatic nitrogens is 1. The van der Waals surface area contributed by atoms with Crippen LogP contribution in [0.1, 0.15) is 32.9 Å². The number of pyridine rings is 1. The smallest absolute Gasteiger partial charge is 0.410 e. The van der Waals surface area contributed by atoms with E-state index in [1.807, 2.05) is 20.8 Å². The van der Waals surface area contributed by atoms with Crippen molar-refractivity contribution in [2.75, 3.05) is 23.7 Å². The maximum atomic E-state index is 12.1. The van der Waals surface area contributed by atoms with Gasteiger partial charge in [0.2, 0.25) is 12.3 Å². The number of hydrogen-bond donors (Lipinski definition) is 2. The van der Waals surface area contributed by atoms with E-state index in [4.69, 9.17) is 4.74 Å². The van der Waals surface area contributed by atoms with Gasteiger partial charge in [-0.2, -0.15) is 0 Å². The highest BCUT2D eigenvalue weighted by Crippen LogP contribution is 2.23. The standard InChI is InChI=1S/C17H24N4O4/c1-11-14(19-10-22)6-13(7-18-11)20-15(23)5-12-8-21(9-12)16(24)25-17(2,3)4/h6-7,10,12H,5,8-9H2,1-4H3,(H,19,22)(H,20,23). The summed E-state index contributed by atoms with van der Waals surface area (Å²) < 4.78 is 5.28. The van der Waals surface area contributed by atoms with E-state index in [1.54, 1.807) is 17.9 Å². The second-order valence-electron chi connectivity index (χ2n) is 7.12. The number of amides is 3. The lowest BCUT2D eigenvalue weighted by molar-refractivity contribution is -0.118. The molecule has 8 nitrogen and oxygen atoms in total. The largest absolute Gasteiger partial charge is 0.444 e. The number of likely N-dealkylation sites (tertiary alicyclic amines) is 1. The van der Waals surface area contributed by atoms with Gasteiger partial charge in [-0.1, -0.05) is 0 Å². The van der Waals surface area contributed by atoms with Gasteiger partial charge in [0, 0.05) is 25.4 Å². The number of hydrogen-bond acceptors (Lipinski definition) is 5. The Balaban J connectivity index is 1.80. The summed E-state index contributed by atoms with van der Waals surface area (Å²) in [6, 6.07) is 1.66. The number of aryl methyl sites for hydroxylation is 1. The lowest BCUT2D eigenvalue weighted by Gasteiger charge is -2.39. The van der Waals surface area contributed by atoms with Crippen LogP contribution in [-0.4, -0.2) is 47.0 Å². The van der Waals surface area contributed by atoms with Gasteiger partial charge in [0.1, 0.15) is 5.60 Å². The fourth-order valence-electron chi connectivity index (χ4n) is 2.46. The molecule has 0 aliphatic carbocycles. The van der Waals surface area contributed by atoms with Crippen molar-refractivity contribution in [1.29, 1.82) is 0 Å². The summed E-state index contributed by atoms with van der Waals surface area (Å²) in [7, 11) is 0. The molecule has 1 aromatic rings. The molecule has 2 rings (SSSR count). The summed E-state index contributed by atoms with van der Waals surface area (Å²) >= 11 is 0. The van der Waals surface area contributed by atoms with Crippen LogP contribution in [0.4, 0.5) is 16.2 Å². The van der Waals surface area contributed by atoms with Gasteiger partial charge in [-0.15, -0.1) is 0 Å². The first-order chi connectivity index (χ1) is 11.7. The lowest BCUT2D eigenvalue weighted by Crippen LogP contribution is -2.52. The third kappa shape index (κ3) is 5.44. The van der Waals surface area contributed by atoms with Gasteiger partial charge in [0.05, 0.1) is 23.3 Å². The van der Waals surface area contributed by atoms with Crippen molar-refractivity contribution in [1.82, 2.24) is 9.88 Å². The highest BCUT2D eigenvalue weighted by Gasteiger charge is 2.34. The Kier molecular flexibility index (Phi) is 5.61. The van der Waals surface area contributed by atoms with Crippen LogP contribution >= 0.6 is 0 Å². The molecule has 136 valence electrons. The Morgan fingerprint density at radius 3 is 2.68 bits per heavy atom. The molecule has 1 saturated heterocycles. The lowest BCUT2D eigenvalue weighted by atomic mass is 9.96. The average Bonchev–Trinajstić information content (AvgIpc) is 2.44. The molecular formula is C17H24N4O4. The van der Waals surface area contributed by atoms with Crippen LogP contribution in [0.15, 0.2) is 12.3 Å². The topological polar surface area (TPSA) is 101 Å². The third-order valence-corrected chi connectivity index (χ3v) is 3.67. The Morgan fingerprint density at radius 1 is 1.40 bits per heavy atom. The van der Waals surface area contributed by atoms with Crippen LogP contribution in [0.3, 0.4) is 0 Å². The van der Waals surface area contributed by atoms with Crippen LogP contribution in [0.2, 0.25) is 0 Å². The van der Waals surface area contributed by atoms with Crippen molar-refractivity contribution in [3.8, 4) is 0 Å². The Morgan fingerprint density at radius 2 is 2.08 bits per heavy atom. The number of nitrogens with zero attached hydrogens (tertiary/aromatic N) is 2. The molecule has 1 aliphatic rings. The van der Waals surface area contributed by atoms with E-state index in [2.05, 4.69) is 15.6 Å². The zero-order chi connectivity index (χ0) is 18.6. The molecule has 1 fully saturated rings. The number of ether oxygens (including phenoxy) is 1. The van der Waals surface area contributed by atoms with E-state index in [0.717, 1.165) is 0 Å². The first-order valence-corrected chi connectivity index (χ1v) is 8.12. The minimum Gasteiger partial charge on any atom is -0.444 e. The maximum Gasteiger partial charge on any atom is 0.410 e. The van der Waals surface area contributed by atoms with Crippen molar-refractivity contribution in [2.24, 2.45) is 5.92 Å². The molecule has 8 heteroatoms.